The Bertz CT molecular complexity index is 452. The zero-order chi connectivity index (χ0) is 14.9. The molecule has 0 radical (unpaired) electrons. The second kappa shape index (κ2) is 5.72. The SMILES string of the molecule is CC.CC1=C[C@H](C)N2CCCCC2[C@@]2(C)OC(=O)C=C12. The van der Waals surface area contributed by atoms with Crippen LogP contribution in [-0.4, -0.2) is 35.1 Å². The molecule has 0 aromatic rings. The molecule has 0 spiro atoms. The van der Waals surface area contributed by atoms with Crippen molar-refractivity contribution >= 4 is 5.97 Å². The lowest BCUT2D eigenvalue weighted by molar-refractivity contribution is -0.151. The van der Waals surface area contributed by atoms with Gasteiger partial charge in [0.15, 0.2) is 5.60 Å². The van der Waals surface area contributed by atoms with E-state index in [-0.39, 0.29) is 5.97 Å². The molecule has 0 aliphatic carbocycles. The Balaban J connectivity index is 0.000000704. The van der Waals surface area contributed by atoms with Crippen LogP contribution in [0.4, 0.5) is 0 Å². The first-order valence-electron chi connectivity index (χ1n) is 7.92. The van der Waals surface area contributed by atoms with Gasteiger partial charge in [0.05, 0.1) is 6.04 Å². The summed E-state index contributed by atoms with van der Waals surface area (Å²) in [5, 5.41) is 0. The lowest BCUT2D eigenvalue weighted by Crippen LogP contribution is -2.55. The van der Waals surface area contributed by atoms with Gasteiger partial charge >= 0.3 is 5.97 Å². The Kier molecular flexibility index (Phi) is 4.38. The van der Waals surface area contributed by atoms with Gasteiger partial charge in [0, 0.05) is 17.7 Å². The maximum absolute atomic E-state index is 11.7. The molecule has 0 bridgehead atoms. The van der Waals surface area contributed by atoms with Gasteiger partial charge in [-0.25, -0.2) is 4.79 Å². The molecule has 0 aromatic heterocycles. The average Bonchev–Trinajstić information content (AvgIpc) is 2.74. The third-order valence-corrected chi connectivity index (χ3v) is 4.73. The van der Waals surface area contributed by atoms with Crippen molar-refractivity contribution in [3.8, 4) is 0 Å². The normalized spacial score (nSPS) is 36.5. The summed E-state index contributed by atoms with van der Waals surface area (Å²) >= 11 is 0. The van der Waals surface area contributed by atoms with Gasteiger partial charge in [0.25, 0.3) is 0 Å². The van der Waals surface area contributed by atoms with Gasteiger partial charge in [-0.15, -0.1) is 0 Å². The molecule has 3 heteroatoms. The monoisotopic (exact) mass is 277 g/mol. The van der Waals surface area contributed by atoms with Gasteiger partial charge < -0.3 is 4.74 Å². The standard InChI is InChI=1S/C15H21NO2.C2H6/c1-10-8-11(2)16-7-5-4-6-13(16)15(3)12(10)9-14(17)18-15;1-2/h8-9,11,13H,4-7H2,1-3H3;1-2H3/t11-,13?,15-;/m0./s1. The number of ether oxygens (including phenoxy) is 1. The number of hydrogen-bond acceptors (Lipinski definition) is 3. The number of nitrogens with zero attached hydrogens (tertiary/aromatic N) is 1. The van der Waals surface area contributed by atoms with Gasteiger partial charge in [-0.2, -0.15) is 0 Å². The summed E-state index contributed by atoms with van der Waals surface area (Å²) in [4.78, 5) is 14.2. The third-order valence-electron chi connectivity index (χ3n) is 4.73. The molecule has 3 nitrogen and oxygen atoms in total. The number of carbonyl (C=O) groups excluding carboxylic acids is 1. The van der Waals surface area contributed by atoms with Crippen molar-refractivity contribution in [2.24, 2.45) is 0 Å². The molecule has 20 heavy (non-hydrogen) atoms. The fourth-order valence-electron chi connectivity index (χ4n) is 3.89. The summed E-state index contributed by atoms with van der Waals surface area (Å²) < 4.78 is 5.71. The van der Waals surface area contributed by atoms with Crippen molar-refractivity contribution in [1.82, 2.24) is 4.90 Å². The molecule has 1 fully saturated rings. The van der Waals surface area contributed by atoms with E-state index >= 15 is 0 Å². The van der Waals surface area contributed by atoms with Crippen LogP contribution in [0.2, 0.25) is 0 Å². The average molecular weight is 277 g/mol. The van der Waals surface area contributed by atoms with Gasteiger partial charge in [0.1, 0.15) is 0 Å². The van der Waals surface area contributed by atoms with Gasteiger partial charge in [-0.3, -0.25) is 4.90 Å². The van der Waals surface area contributed by atoms with E-state index in [0.29, 0.717) is 12.1 Å². The van der Waals surface area contributed by atoms with Crippen LogP contribution in [0.25, 0.3) is 0 Å². The lowest BCUT2D eigenvalue weighted by Gasteiger charge is -2.45. The molecule has 3 rings (SSSR count). The molecule has 1 unspecified atom stereocenters. The summed E-state index contributed by atoms with van der Waals surface area (Å²) in [5.74, 6) is -0.180. The third kappa shape index (κ3) is 2.32. The predicted molar refractivity (Wildman–Crippen MR) is 81.5 cm³/mol. The van der Waals surface area contributed by atoms with E-state index in [4.69, 9.17) is 4.74 Å². The molecule has 0 amide bonds. The first-order chi connectivity index (χ1) is 9.52. The van der Waals surface area contributed by atoms with E-state index in [1.807, 2.05) is 13.8 Å². The number of hydrogen-bond donors (Lipinski definition) is 0. The summed E-state index contributed by atoms with van der Waals surface area (Å²) in [6.45, 7) is 11.5. The van der Waals surface area contributed by atoms with Gasteiger partial charge in [0.2, 0.25) is 0 Å². The van der Waals surface area contributed by atoms with Gasteiger partial charge in [-0.05, 0) is 45.7 Å². The zero-order valence-electron chi connectivity index (χ0n) is 13.4. The fraction of sp³-hybridized carbons (Fsp3) is 0.706. The highest BCUT2D eigenvalue weighted by Gasteiger charge is 2.50. The number of esters is 1. The molecule has 3 atom stereocenters. The minimum absolute atomic E-state index is 0.180. The summed E-state index contributed by atoms with van der Waals surface area (Å²) in [7, 11) is 0. The molecule has 3 aliphatic heterocycles. The van der Waals surface area contributed by atoms with Crippen LogP contribution < -0.4 is 0 Å². The molecular weight excluding hydrogens is 250 g/mol. The van der Waals surface area contributed by atoms with E-state index in [0.717, 1.165) is 18.5 Å². The highest BCUT2D eigenvalue weighted by Crippen LogP contribution is 2.43. The van der Waals surface area contributed by atoms with Crippen LogP contribution in [0.5, 0.6) is 0 Å². The Labute approximate surface area is 122 Å². The Morgan fingerprint density at radius 1 is 1.35 bits per heavy atom. The quantitative estimate of drug-likeness (QED) is 0.635. The Morgan fingerprint density at radius 2 is 2.05 bits per heavy atom. The maximum Gasteiger partial charge on any atom is 0.332 e. The number of carbonyl (C=O) groups is 1. The maximum atomic E-state index is 11.7. The molecule has 0 aromatic carbocycles. The van der Waals surface area contributed by atoms with Crippen molar-refractivity contribution in [2.45, 2.75) is 71.6 Å². The predicted octanol–water partition coefficient (Wildman–Crippen LogP) is 3.46. The van der Waals surface area contributed by atoms with Gasteiger partial charge in [-0.1, -0.05) is 26.3 Å². The smallest absolute Gasteiger partial charge is 0.332 e. The first-order valence-corrected chi connectivity index (χ1v) is 7.92. The highest BCUT2D eigenvalue weighted by atomic mass is 16.6. The number of piperidine rings is 1. The topological polar surface area (TPSA) is 29.5 Å². The van der Waals surface area contributed by atoms with E-state index in [9.17, 15) is 4.79 Å². The van der Waals surface area contributed by atoms with Crippen molar-refractivity contribution in [2.75, 3.05) is 6.54 Å². The highest BCUT2D eigenvalue weighted by molar-refractivity contribution is 5.88. The van der Waals surface area contributed by atoms with Crippen LogP contribution in [0, 0.1) is 0 Å². The molecule has 3 aliphatic rings. The fourth-order valence-corrected chi connectivity index (χ4v) is 3.89. The van der Waals surface area contributed by atoms with E-state index < -0.39 is 5.60 Å². The second-order valence-electron chi connectivity index (χ2n) is 5.93. The van der Waals surface area contributed by atoms with E-state index in [2.05, 4.69) is 31.7 Å². The van der Waals surface area contributed by atoms with Crippen molar-refractivity contribution < 1.29 is 9.53 Å². The zero-order valence-corrected chi connectivity index (χ0v) is 13.4. The van der Waals surface area contributed by atoms with Crippen LogP contribution >= 0.6 is 0 Å². The van der Waals surface area contributed by atoms with Crippen LogP contribution in [0.3, 0.4) is 0 Å². The molecule has 0 saturated carbocycles. The minimum atomic E-state index is -0.442. The number of fused-ring (bicyclic) bond motifs is 3. The summed E-state index contributed by atoms with van der Waals surface area (Å²) in [6, 6.07) is 0.755. The van der Waals surface area contributed by atoms with Crippen molar-refractivity contribution in [3.63, 3.8) is 0 Å². The van der Waals surface area contributed by atoms with Crippen LogP contribution in [0.15, 0.2) is 23.3 Å². The molecule has 112 valence electrons. The van der Waals surface area contributed by atoms with E-state index in [1.165, 1.54) is 18.4 Å². The van der Waals surface area contributed by atoms with Crippen LogP contribution in [0.1, 0.15) is 53.9 Å². The van der Waals surface area contributed by atoms with Crippen molar-refractivity contribution in [3.05, 3.63) is 23.3 Å². The van der Waals surface area contributed by atoms with Crippen molar-refractivity contribution in [1.29, 1.82) is 0 Å². The molecule has 1 saturated heterocycles. The second-order valence-corrected chi connectivity index (χ2v) is 5.93. The molecule has 3 heterocycles. The largest absolute Gasteiger partial charge is 0.450 e. The molecule has 0 N–H and O–H groups in total. The number of rotatable bonds is 0. The first kappa shape index (κ1) is 15.3. The summed E-state index contributed by atoms with van der Waals surface area (Å²) in [5.41, 5.74) is 1.85. The van der Waals surface area contributed by atoms with Crippen LogP contribution in [-0.2, 0) is 9.53 Å². The lowest BCUT2D eigenvalue weighted by atomic mass is 9.81. The molecular formula is C17H27NO2. The van der Waals surface area contributed by atoms with E-state index in [1.54, 1.807) is 6.08 Å². The Hall–Kier alpha value is -1.09. The summed E-state index contributed by atoms with van der Waals surface area (Å²) in [6.07, 6.45) is 7.56. The minimum Gasteiger partial charge on any atom is -0.450 e. The Morgan fingerprint density at radius 3 is 2.75 bits per heavy atom.